The van der Waals surface area contributed by atoms with Crippen LogP contribution in [0.3, 0.4) is 0 Å². The Kier molecular flexibility index (Phi) is 3.41. The molecule has 24 heavy (non-hydrogen) atoms. The van der Waals surface area contributed by atoms with Crippen LogP contribution in [0.1, 0.15) is 5.56 Å². The number of anilines is 1. The molecule has 0 aliphatic carbocycles. The first-order chi connectivity index (χ1) is 11.6. The summed E-state index contributed by atoms with van der Waals surface area (Å²) in [5.41, 5.74) is 2.18. The second-order valence-corrected chi connectivity index (χ2v) is 5.54. The Balaban J connectivity index is 1.68. The predicted octanol–water partition coefficient (Wildman–Crippen LogP) is 5.62. The molecular formula is C19H12F3NO. The van der Waals surface area contributed by atoms with Crippen LogP contribution >= 0.6 is 0 Å². The fraction of sp³-hybridized carbons (Fsp3) is 0.0526. The van der Waals surface area contributed by atoms with Crippen LogP contribution < -0.4 is 5.32 Å². The van der Waals surface area contributed by atoms with Gasteiger partial charge in [-0.1, -0.05) is 0 Å². The molecule has 0 saturated heterocycles. The van der Waals surface area contributed by atoms with Gasteiger partial charge >= 0.3 is 0 Å². The highest BCUT2D eigenvalue weighted by Crippen LogP contribution is 2.31. The number of rotatable bonds is 3. The molecular weight excluding hydrogens is 315 g/mol. The molecule has 0 atom stereocenters. The zero-order valence-electron chi connectivity index (χ0n) is 12.4. The van der Waals surface area contributed by atoms with E-state index in [9.17, 15) is 13.2 Å². The third kappa shape index (κ3) is 2.58. The molecule has 120 valence electrons. The summed E-state index contributed by atoms with van der Waals surface area (Å²) in [5.74, 6) is -1.30. The quantitative estimate of drug-likeness (QED) is 0.529. The Labute approximate surface area is 135 Å². The van der Waals surface area contributed by atoms with Gasteiger partial charge in [0.25, 0.3) is 0 Å². The van der Waals surface area contributed by atoms with E-state index in [-0.39, 0.29) is 17.9 Å². The smallest absolute Gasteiger partial charge is 0.135 e. The van der Waals surface area contributed by atoms with Gasteiger partial charge in [-0.25, -0.2) is 13.2 Å². The Morgan fingerprint density at radius 3 is 2.25 bits per heavy atom. The van der Waals surface area contributed by atoms with E-state index < -0.39 is 11.6 Å². The second kappa shape index (κ2) is 5.60. The molecule has 1 heterocycles. The molecule has 1 N–H and O–H groups in total. The molecule has 0 bridgehead atoms. The monoisotopic (exact) mass is 327 g/mol. The van der Waals surface area contributed by atoms with Gasteiger partial charge in [0.1, 0.15) is 28.6 Å². The number of halogens is 3. The van der Waals surface area contributed by atoms with Crippen LogP contribution in [0.5, 0.6) is 0 Å². The minimum absolute atomic E-state index is 0.138. The van der Waals surface area contributed by atoms with Crippen LogP contribution in [-0.2, 0) is 6.54 Å². The van der Waals surface area contributed by atoms with Crippen LogP contribution in [-0.4, -0.2) is 0 Å². The second-order valence-electron chi connectivity index (χ2n) is 5.54. The molecule has 0 unspecified atom stereocenters. The summed E-state index contributed by atoms with van der Waals surface area (Å²) in [6, 6.07) is 13.0. The van der Waals surface area contributed by atoms with E-state index >= 15 is 0 Å². The maximum atomic E-state index is 13.7. The predicted molar refractivity (Wildman–Crippen MR) is 87.4 cm³/mol. The molecule has 0 aliphatic rings. The largest absolute Gasteiger partial charge is 0.456 e. The summed E-state index contributed by atoms with van der Waals surface area (Å²) in [5, 5.41) is 4.48. The molecule has 3 aromatic carbocycles. The number of nitrogens with one attached hydrogen (secondary N) is 1. The highest BCUT2D eigenvalue weighted by Gasteiger charge is 2.09. The first-order valence-electron chi connectivity index (χ1n) is 7.40. The molecule has 0 saturated carbocycles. The number of furan rings is 1. The third-order valence-electron chi connectivity index (χ3n) is 3.92. The van der Waals surface area contributed by atoms with Gasteiger partial charge in [-0.3, -0.25) is 0 Å². The lowest BCUT2D eigenvalue weighted by molar-refractivity contribution is 0.587. The Hall–Kier alpha value is -2.95. The molecule has 4 aromatic rings. The fourth-order valence-corrected chi connectivity index (χ4v) is 2.74. The summed E-state index contributed by atoms with van der Waals surface area (Å²) < 4.78 is 46.0. The average Bonchev–Trinajstić information content (AvgIpc) is 2.93. The van der Waals surface area contributed by atoms with Gasteiger partial charge in [0, 0.05) is 28.6 Å². The number of hydrogen-bond donors (Lipinski definition) is 1. The molecule has 0 fully saturated rings. The van der Waals surface area contributed by atoms with Crippen molar-refractivity contribution in [3.63, 3.8) is 0 Å². The molecule has 0 amide bonds. The van der Waals surface area contributed by atoms with Crippen molar-refractivity contribution in [2.45, 2.75) is 6.54 Å². The van der Waals surface area contributed by atoms with Crippen molar-refractivity contribution in [1.82, 2.24) is 0 Å². The van der Waals surface area contributed by atoms with Gasteiger partial charge in [0.2, 0.25) is 0 Å². The van der Waals surface area contributed by atoms with Crippen molar-refractivity contribution >= 4 is 27.6 Å². The third-order valence-corrected chi connectivity index (χ3v) is 3.92. The van der Waals surface area contributed by atoms with Gasteiger partial charge in [-0.05, 0) is 54.6 Å². The minimum Gasteiger partial charge on any atom is -0.456 e. The van der Waals surface area contributed by atoms with Crippen LogP contribution in [0.25, 0.3) is 21.9 Å². The summed E-state index contributed by atoms with van der Waals surface area (Å²) in [6.07, 6.45) is 0. The van der Waals surface area contributed by atoms with Crippen molar-refractivity contribution in [1.29, 1.82) is 0 Å². The van der Waals surface area contributed by atoms with E-state index in [0.717, 1.165) is 23.6 Å². The van der Waals surface area contributed by atoms with Crippen LogP contribution in [0, 0.1) is 17.5 Å². The highest BCUT2D eigenvalue weighted by atomic mass is 19.1. The van der Waals surface area contributed by atoms with Crippen molar-refractivity contribution < 1.29 is 17.6 Å². The number of fused-ring (bicyclic) bond motifs is 3. The van der Waals surface area contributed by atoms with Crippen molar-refractivity contribution in [3.05, 3.63) is 77.6 Å². The lowest BCUT2D eigenvalue weighted by Gasteiger charge is -2.07. The van der Waals surface area contributed by atoms with Crippen molar-refractivity contribution in [3.8, 4) is 0 Å². The van der Waals surface area contributed by atoms with Crippen molar-refractivity contribution in [2.24, 2.45) is 0 Å². The summed E-state index contributed by atoms with van der Waals surface area (Å²) in [6.45, 7) is 0.138. The summed E-state index contributed by atoms with van der Waals surface area (Å²) >= 11 is 0. The molecule has 1 aromatic heterocycles. The molecule has 0 spiro atoms. The van der Waals surface area contributed by atoms with E-state index in [4.69, 9.17) is 4.42 Å². The number of benzene rings is 3. The molecule has 5 heteroatoms. The Morgan fingerprint density at radius 2 is 1.42 bits per heavy atom. The molecule has 0 aliphatic heterocycles. The highest BCUT2D eigenvalue weighted by molar-refractivity contribution is 6.05. The van der Waals surface area contributed by atoms with E-state index in [0.29, 0.717) is 22.2 Å². The maximum Gasteiger partial charge on any atom is 0.135 e. The minimum atomic E-state index is -0.486. The normalized spacial score (nSPS) is 11.3. The zero-order valence-corrected chi connectivity index (χ0v) is 12.4. The first-order valence-corrected chi connectivity index (χ1v) is 7.40. The number of hydrogen-bond acceptors (Lipinski definition) is 2. The Morgan fingerprint density at radius 1 is 0.750 bits per heavy atom. The van der Waals surface area contributed by atoms with Crippen LogP contribution in [0.4, 0.5) is 18.9 Å². The van der Waals surface area contributed by atoms with E-state index in [1.807, 2.05) is 0 Å². The van der Waals surface area contributed by atoms with Gasteiger partial charge in [-0.2, -0.15) is 0 Å². The van der Waals surface area contributed by atoms with Gasteiger partial charge in [0.05, 0.1) is 0 Å². The topological polar surface area (TPSA) is 25.2 Å². The maximum absolute atomic E-state index is 13.7. The van der Waals surface area contributed by atoms with E-state index in [2.05, 4.69) is 5.32 Å². The summed E-state index contributed by atoms with van der Waals surface area (Å²) in [4.78, 5) is 0. The lowest BCUT2D eigenvalue weighted by Crippen LogP contribution is -2.02. The average molecular weight is 327 g/mol. The summed E-state index contributed by atoms with van der Waals surface area (Å²) in [7, 11) is 0. The lowest BCUT2D eigenvalue weighted by atomic mass is 10.1. The van der Waals surface area contributed by atoms with E-state index in [1.54, 1.807) is 24.3 Å². The van der Waals surface area contributed by atoms with E-state index in [1.165, 1.54) is 12.1 Å². The van der Waals surface area contributed by atoms with Crippen LogP contribution in [0.2, 0.25) is 0 Å². The SMILES string of the molecule is Fc1ccc(F)c(CNc2ccc3oc4ccc(F)cc4c3c2)c1. The Bertz CT molecular complexity index is 1060. The van der Waals surface area contributed by atoms with Crippen molar-refractivity contribution in [2.75, 3.05) is 5.32 Å². The molecule has 2 nitrogen and oxygen atoms in total. The first kappa shape index (κ1) is 14.6. The molecule has 4 rings (SSSR count). The standard InChI is InChI=1S/C19H12F3NO/c20-12-1-4-17(22)11(7-12)10-23-14-3-6-19-16(9-14)15-8-13(21)2-5-18(15)24-19/h1-9,23H,10H2. The van der Waals surface area contributed by atoms with Gasteiger partial charge in [0.15, 0.2) is 0 Å². The van der Waals surface area contributed by atoms with Gasteiger partial charge < -0.3 is 9.73 Å². The van der Waals surface area contributed by atoms with Crippen LogP contribution in [0.15, 0.2) is 59.0 Å². The van der Waals surface area contributed by atoms with Gasteiger partial charge in [-0.15, -0.1) is 0 Å². The fourth-order valence-electron chi connectivity index (χ4n) is 2.74. The molecule has 0 radical (unpaired) electrons. The zero-order chi connectivity index (χ0) is 16.7.